The van der Waals surface area contributed by atoms with Gasteiger partial charge in [-0.25, -0.2) is 0 Å². The topological polar surface area (TPSA) is 55.4 Å². The lowest BCUT2D eigenvalue weighted by Crippen LogP contribution is -2.68. The lowest BCUT2D eigenvalue weighted by molar-refractivity contribution is -0.324. The summed E-state index contributed by atoms with van der Waals surface area (Å²) >= 11 is 0. The quantitative estimate of drug-likeness (QED) is 0.314. The normalized spacial score (nSPS) is 31.1. The average Bonchev–Trinajstić information content (AvgIpc) is 2.99. The first kappa shape index (κ1) is 27.2. The molecule has 0 spiro atoms. The molecule has 3 aliphatic rings. The van der Waals surface area contributed by atoms with Gasteiger partial charge in [0, 0.05) is 12.8 Å². The molecule has 0 bridgehead atoms. The molecule has 0 aliphatic carbocycles. The van der Waals surface area contributed by atoms with Crippen molar-refractivity contribution in [2.75, 3.05) is 6.61 Å². The molecule has 6 rings (SSSR count). The van der Waals surface area contributed by atoms with Crippen LogP contribution < -0.4 is 0 Å². The lowest BCUT2D eigenvalue weighted by Gasteiger charge is -2.54. The first-order valence-corrected chi connectivity index (χ1v) is 14.2. The van der Waals surface area contributed by atoms with Gasteiger partial charge >= 0.3 is 0 Å². The molecule has 3 aliphatic heterocycles. The number of ether oxygens (including phenoxy) is 6. The van der Waals surface area contributed by atoms with E-state index in [1.165, 1.54) is 0 Å². The lowest BCUT2D eigenvalue weighted by atomic mass is 9.81. The summed E-state index contributed by atoms with van der Waals surface area (Å²) in [4.78, 5) is 0. The van der Waals surface area contributed by atoms with Gasteiger partial charge in [0.2, 0.25) is 0 Å². The van der Waals surface area contributed by atoms with Gasteiger partial charge < -0.3 is 28.4 Å². The Hall–Kier alpha value is -3.00. The van der Waals surface area contributed by atoms with Gasteiger partial charge in [-0.2, -0.15) is 0 Å². The Morgan fingerprint density at radius 2 is 1.32 bits per heavy atom. The molecule has 3 aromatic rings. The van der Waals surface area contributed by atoms with Crippen molar-refractivity contribution >= 4 is 0 Å². The van der Waals surface area contributed by atoms with Gasteiger partial charge in [-0.3, -0.25) is 0 Å². The summed E-state index contributed by atoms with van der Waals surface area (Å²) in [5.41, 5.74) is 2.87. The molecule has 0 radical (unpaired) electrons. The molecule has 0 saturated carbocycles. The number of rotatable bonds is 10. The smallest absolute Gasteiger partial charge is 0.129 e. The van der Waals surface area contributed by atoms with Crippen molar-refractivity contribution in [2.45, 2.75) is 81.8 Å². The molecule has 210 valence electrons. The SMILES string of the molecule is C[C@]12CC=CO[C@@H]1C[C@@H]1O[C@H](COCc3ccccc3)[C@@H](OCc3ccccc3)[C@H](OCc3ccccc3)[C@H]1O2. The third-order valence-corrected chi connectivity index (χ3v) is 8.09. The first-order chi connectivity index (χ1) is 19.7. The maximum absolute atomic E-state index is 6.84. The third kappa shape index (κ3) is 6.32. The Labute approximate surface area is 236 Å². The van der Waals surface area contributed by atoms with Crippen LogP contribution in [-0.4, -0.2) is 48.8 Å². The van der Waals surface area contributed by atoms with Crippen molar-refractivity contribution in [3.8, 4) is 0 Å². The molecule has 3 heterocycles. The molecular weight excluding hydrogens is 504 g/mol. The van der Waals surface area contributed by atoms with Crippen molar-refractivity contribution in [3.05, 3.63) is 120 Å². The van der Waals surface area contributed by atoms with Crippen LogP contribution in [0.2, 0.25) is 0 Å². The molecule has 6 heteroatoms. The van der Waals surface area contributed by atoms with Crippen molar-refractivity contribution in [3.63, 3.8) is 0 Å². The van der Waals surface area contributed by atoms with E-state index in [0.29, 0.717) is 26.4 Å². The van der Waals surface area contributed by atoms with Gasteiger partial charge in [-0.1, -0.05) is 91.0 Å². The number of fused-ring (bicyclic) bond motifs is 2. The van der Waals surface area contributed by atoms with E-state index in [9.17, 15) is 0 Å². The summed E-state index contributed by atoms with van der Waals surface area (Å²) in [6.07, 6.45) is 3.67. The van der Waals surface area contributed by atoms with Crippen molar-refractivity contribution in [2.24, 2.45) is 0 Å². The minimum absolute atomic E-state index is 0.0822. The van der Waals surface area contributed by atoms with E-state index in [0.717, 1.165) is 29.5 Å². The molecule has 0 amide bonds. The van der Waals surface area contributed by atoms with Gasteiger partial charge in [-0.05, 0) is 29.7 Å². The monoisotopic (exact) mass is 542 g/mol. The highest BCUT2D eigenvalue weighted by Crippen LogP contribution is 2.43. The second-order valence-corrected chi connectivity index (χ2v) is 11.1. The fourth-order valence-electron chi connectivity index (χ4n) is 5.91. The summed E-state index contributed by atoms with van der Waals surface area (Å²) in [5.74, 6) is 0. The average molecular weight is 543 g/mol. The van der Waals surface area contributed by atoms with Crippen LogP contribution in [0.15, 0.2) is 103 Å². The Morgan fingerprint density at radius 1 is 0.750 bits per heavy atom. The highest BCUT2D eigenvalue weighted by molar-refractivity contribution is 5.16. The van der Waals surface area contributed by atoms with Crippen LogP contribution in [-0.2, 0) is 48.2 Å². The molecular formula is C34H38O6. The van der Waals surface area contributed by atoms with Crippen LogP contribution in [0.5, 0.6) is 0 Å². The molecule has 2 saturated heterocycles. The minimum atomic E-state index is -0.450. The first-order valence-electron chi connectivity index (χ1n) is 14.2. The molecule has 2 fully saturated rings. The maximum atomic E-state index is 6.84. The summed E-state index contributed by atoms with van der Waals surface area (Å²) in [5, 5.41) is 0. The summed E-state index contributed by atoms with van der Waals surface area (Å²) < 4.78 is 39.2. The van der Waals surface area contributed by atoms with E-state index < -0.39 is 5.60 Å². The van der Waals surface area contributed by atoms with Crippen LogP contribution in [0.4, 0.5) is 0 Å². The number of benzene rings is 3. The van der Waals surface area contributed by atoms with Crippen LogP contribution >= 0.6 is 0 Å². The van der Waals surface area contributed by atoms with Crippen LogP contribution in [0.25, 0.3) is 0 Å². The summed E-state index contributed by atoms with van der Waals surface area (Å²) in [7, 11) is 0. The fraction of sp³-hybridized carbons (Fsp3) is 0.412. The predicted octanol–water partition coefficient (Wildman–Crippen LogP) is 5.99. The highest BCUT2D eigenvalue weighted by Gasteiger charge is 2.56. The standard InChI is InChI=1S/C34H38O6/c1-34-18-11-19-36-30(34)20-28-32(40-34)33(38-23-27-16-9-4-10-17-27)31(37-22-26-14-7-3-8-15-26)29(39-28)24-35-21-25-12-5-2-6-13-25/h2-17,19,28-33H,18,20-24H2,1H3/t28-,29+,30+,31+,32-,33-,34-/m0/s1. The van der Waals surface area contributed by atoms with Crippen LogP contribution in [0, 0.1) is 0 Å². The van der Waals surface area contributed by atoms with E-state index in [1.54, 1.807) is 6.26 Å². The summed E-state index contributed by atoms with van der Waals surface area (Å²) in [6.45, 7) is 3.91. The van der Waals surface area contributed by atoms with E-state index in [2.05, 4.69) is 43.3 Å². The van der Waals surface area contributed by atoms with Gasteiger partial charge in [-0.15, -0.1) is 0 Å². The second-order valence-electron chi connectivity index (χ2n) is 11.1. The highest BCUT2D eigenvalue weighted by atomic mass is 16.6. The predicted molar refractivity (Wildman–Crippen MR) is 151 cm³/mol. The fourth-order valence-corrected chi connectivity index (χ4v) is 5.91. The van der Waals surface area contributed by atoms with E-state index >= 15 is 0 Å². The van der Waals surface area contributed by atoms with Crippen molar-refractivity contribution < 1.29 is 28.4 Å². The van der Waals surface area contributed by atoms with Gasteiger partial charge in [0.25, 0.3) is 0 Å². The Morgan fingerprint density at radius 3 is 1.95 bits per heavy atom. The molecule has 40 heavy (non-hydrogen) atoms. The Balaban J connectivity index is 1.26. The van der Waals surface area contributed by atoms with Gasteiger partial charge in [0.05, 0.1) is 38.8 Å². The van der Waals surface area contributed by atoms with Gasteiger partial charge in [0.1, 0.15) is 36.1 Å². The largest absolute Gasteiger partial charge is 0.495 e. The molecule has 6 nitrogen and oxygen atoms in total. The minimum Gasteiger partial charge on any atom is -0.495 e. The van der Waals surface area contributed by atoms with E-state index in [1.807, 2.05) is 60.7 Å². The van der Waals surface area contributed by atoms with Crippen LogP contribution in [0.1, 0.15) is 36.5 Å². The molecule has 3 aromatic carbocycles. The molecule has 0 aromatic heterocycles. The number of hydrogen-bond acceptors (Lipinski definition) is 6. The Bertz CT molecular complexity index is 1220. The number of hydrogen-bond donors (Lipinski definition) is 0. The maximum Gasteiger partial charge on any atom is 0.129 e. The molecule has 7 atom stereocenters. The van der Waals surface area contributed by atoms with Crippen LogP contribution in [0.3, 0.4) is 0 Å². The molecule has 0 unspecified atom stereocenters. The summed E-state index contributed by atoms with van der Waals surface area (Å²) in [6, 6.07) is 30.6. The zero-order valence-corrected chi connectivity index (χ0v) is 23.0. The van der Waals surface area contributed by atoms with E-state index in [4.69, 9.17) is 28.4 Å². The zero-order valence-electron chi connectivity index (χ0n) is 23.0. The van der Waals surface area contributed by atoms with Crippen molar-refractivity contribution in [1.29, 1.82) is 0 Å². The second kappa shape index (κ2) is 12.7. The third-order valence-electron chi connectivity index (χ3n) is 8.09. The van der Waals surface area contributed by atoms with E-state index in [-0.39, 0.29) is 36.6 Å². The Kier molecular flexibility index (Phi) is 8.61. The molecule has 0 N–H and O–H groups in total. The van der Waals surface area contributed by atoms with Gasteiger partial charge in [0.15, 0.2) is 0 Å². The zero-order chi connectivity index (χ0) is 27.2. The van der Waals surface area contributed by atoms with Crippen molar-refractivity contribution in [1.82, 2.24) is 0 Å².